The summed E-state index contributed by atoms with van der Waals surface area (Å²) in [7, 11) is 1.81. The van der Waals surface area contributed by atoms with E-state index in [0.29, 0.717) is 17.7 Å². The van der Waals surface area contributed by atoms with Crippen LogP contribution in [0.15, 0.2) is 0 Å². The van der Waals surface area contributed by atoms with Gasteiger partial charge < -0.3 is 9.47 Å². The lowest BCUT2D eigenvalue weighted by Gasteiger charge is -2.35. The molecule has 3 heteroatoms. The Kier molecular flexibility index (Phi) is 3.88. The van der Waals surface area contributed by atoms with Gasteiger partial charge >= 0.3 is 0 Å². The van der Waals surface area contributed by atoms with Crippen LogP contribution in [0.5, 0.6) is 0 Å². The van der Waals surface area contributed by atoms with Gasteiger partial charge in [-0.25, -0.2) is 0 Å². The second-order valence-corrected chi connectivity index (χ2v) is 5.53. The average Bonchev–Trinajstić information content (AvgIpc) is 2.77. The lowest BCUT2D eigenvalue weighted by Crippen LogP contribution is -2.47. The molecule has 2 aliphatic heterocycles. The lowest BCUT2D eigenvalue weighted by molar-refractivity contribution is -0.0127. The summed E-state index contributed by atoms with van der Waals surface area (Å²) in [5.41, 5.74) is 0.341. The van der Waals surface area contributed by atoms with Gasteiger partial charge in [0.2, 0.25) is 0 Å². The first-order chi connectivity index (χ1) is 7.68. The van der Waals surface area contributed by atoms with Gasteiger partial charge in [-0.05, 0) is 46.1 Å². The zero-order chi connectivity index (χ0) is 11.6. The van der Waals surface area contributed by atoms with Crippen molar-refractivity contribution in [2.24, 2.45) is 0 Å². The van der Waals surface area contributed by atoms with Crippen molar-refractivity contribution in [2.45, 2.75) is 57.2 Å². The van der Waals surface area contributed by atoms with E-state index >= 15 is 0 Å². The van der Waals surface area contributed by atoms with Crippen LogP contribution in [0.25, 0.3) is 0 Å². The average molecular weight is 227 g/mol. The van der Waals surface area contributed by atoms with Crippen LogP contribution in [0.2, 0.25) is 0 Å². The largest absolute Gasteiger partial charge is 0.383 e. The molecule has 0 aromatic heterocycles. The fourth-order valence-corrected chi connectivity index (χ4v) is 3.30. The summed E-state index contributed by atoms with van der Waals surface area (Å²) < 4.78 is 11.2. The minimum Gasteiger partial charge on any atom is -0.383 e. The summed E-state index contributed by atoms with van der Waals surface area (Å²) >= 11 is 0. The zero-order valence-electron chi connectivity index (χ0n) is 10.9. The molecule has 2 fully saturated rings. The monoisotopic (exact) mass is 227 g/mol. The van der Waals surface area contributed by atoms with Crippen LogP contribution < -0.4 is 0 Å². The predicted octanol–water partition coefficient (Wildman–Crippen LogP) is 2.05. The van der Waals surface area contributed by atoms with Gasteiger partial charge in [0.25, 0.3) is 0 Å². The maximum Gasteiger partial charge on any atom is 0.0654 e. The number of hydrogen-bond donors (Lipinski definition) is 0. The molecule has 3 nitrogen and oxygen atoms in total. The third-order valence-electron chi connectivity index (χ3n) is 4.08. The van der Waals surface area contributed by atoms with E-state index in [1.807, 2.05) is 0 Å². The van der Waals surface area contributed by atoms with E-state index in [-0.39, 0.29) is 0 Å². The minimum atomic E-state index is 0.341. The third-order valence-corrected chi connectivity index (χ3v) is 4.08. The van der Waals surface area contributed by atoms with Gasteiger partial charge in [-0.3, -0.25) is 4.90 Å². The van der Waals surface area contributed by atoms with E-state index in [9.17, 15) is 0 Å². The molecule has 0 saturated carbocycles. The van der Waals surface area contributed by atoms with Crippen molar-refractivity contribution in [3.8, 4) is 0 Å². The van der Waals surface area contributed by atoms with Crippen molar-refractivity contribution in [1.29, 1.82) is 0 Å². The van der Waals surface area contributed by atoms with Crippen LogP contribution in [-0.2, 0) is 9.47 Å². The fourth-order valence-electron chi connectivity index (χ4n) is 3.30. The van der Waals surface area contributed by atoms with Crippen molar-refractivity contribution in [3.63, 3.8) is 0 Å². The van der Waals surface area contributed by atoms with Gasteiger partial charge in [-0.15, -0.1) is 0 Å². The molecule has 0 aromatic carbocycles. The van der Waals surface area contributed by atoms with Crippen molar-refractivity contribution < 1.29 is 9.47 Å². The number of rotatable bonds is 5. The highest BCUT2D eigenvalue weighted by molar-refractivity contribution is 5.04. The van der Waals surface area contributed by atoms with Crippen molar-refractivity contribution in [2.75, 3.05) is 26.9 Å². The molecule has 0 aliphatic carbocycles. The Morgan fingerprint density at radius 3 is 2.88 bits per heavy atom. The Morgan fingerprint density at radius 1 is 1.38 bits per heavy atom. The topological polar surface area (TPSA) is 21.7 Å². The van der Waals surface area contributed by atoms with Gasteiger partial charge in [0.15, 0.2) is 0 Å². The van der Waals surface area contributed by atoms with E-state index in [2.05, 4.69) is 18.7 Å². The molecule has 0 N–H and O–H groups in total. The van der Waals surface area contributed by atoms with Gasteiger partial charge in [-0.1, -0.05) is 0 Å². The smallest absolute Gasteiger partial charge is 0.0654 e. The van der Waals surface area contributed by atoms with E-state index < -0.39 is 0 Å². The molecule has 0 bridgehead atoms. The normalized spacial score (nSPS) is 34.9. The van der Waals surface area contributed by atoms with Crippen molar-refractivity contribution in [3.05, 3.63) is 0 Å². The van der Waals surface area contributed by atoms with Crippen LogP contribution in [0.1, 0.15) is 39.5 Å². The summed E-state index contributed by atoms with van der Waals surface area (Å²) in [5.74, 6) is 0. The summed E-state index contributed by atoms with van der Waals surface area (Å²) in [6.07, 6.45) is 5.53. The molecule has 0 radical (unpaired) electrons. The van der Waals surface area contributed by atoms with Crippen LogP contribution in [0.3, 0.4) is 0 Å². The van der Waals surface area contributed by atoms with Gasteiger partial charge in [0, 0.05) is 18.7 Å². The Balaban J connectivity index is 1.97. The minimum absolute atomic E-state index is 0.341. The van der Waals surface area contributed by atoms with Crippen LogP contribution in [0.4, 0.5) is 0 Å². The van der Waals surface area contributed by atoms with Crippen molar-refractivity contribution >= 4 is 0 Å². The second-order valence-electron chi connectivity index (χ2n) is 5.53. The van der Waals surface area contributed by atoms with E-state index in [0.717, 1.165) is 13.2 Å². The highest BCUT2D eigenvalue weighted by Gasteiger charge is 2.49. The first-order valence-corrected chi connectivity index (χ1v) is 6.55. The van der Waals surface area contributed by atoms with Gasteiger partial charge in [0.1, 0.15) is 0 Å². The fraction of sp³-hybridized carbons (Fsp3) is 1.00. The summed E-state index contributed by atoms with van der Waals surface area (Å²) in [6.45, 7) is 7.26. The van der Waals surface area contributed by atoms with Crippen LogP contribution in [-0.4, -0.2) is 49.5 Å². The molecular weight excluding hydrogens is 202 g/mol. The molecular formula is C13H25NO2. The van der Waals surface area contributed by atoms with Gasteiger partial charge in [-0.2, -0.15) is 0 Å². The van der Waals surface area contributed by atoms with Crippen LogP contribution >= 0.6 is 0 Å². The molecule has 0 unspecified atom stereocenters. The highest BCUT2D eigenvalue weighted by Crippen LogP contribution is 2.42. The number of hydrogen-bond acceptors (Lipinski definition) is 3. The maximum atomic E-state index is 5.87. The number of methoxy groups -OCH3 is 1. The molecule has 0 spiro atoms. The molecule has 2 rings (SSSR count). The highest BCUT2D eigenvalue weighted by atomic mass is 16.5. The van der Waals surface area contributed by atoms with Gasteiger partial charge in [0.05, 0.1) is 19.3 Å². The first-order valence-electron chi connectivity index (χ1n) is 6.55. The summed E-state index contributed by atoms with van der Waals surface area (Å²) in [6, 6.07) is 0.628. The molecule has 2 saturated heterocycles. The predicted molar refractivity (Wildman–Crippen MR) is 64.7 cm³/mol. The molecule has 94 valence electrons. The SMILES string of the molecule is COC[C@H]1CC[C@@]2(COC(C)C)CCCN12. The summed E-state index contributed by atoms with van der Waals surface area (Å²) in [5, 5.41) is 0. The Labute approximate surface area is 99.1 Å². The Morgan fingerprint density at radius 2 is 2.19 bits per heavy atom. The molecule has 0 amide bonds. The number of nitrogens with zero attached hydrogens (tertiary/aromatic N) is 1. The Hall–Kier alpha value is -0.120. The van der Waals surface area contributed by atoms with E-state index in [1.165, 1.54) is 32.2 Å². The third kappa shape index (κ3) is 2.27. The zero-order valence-corrected chi connectivity index (χ0v) is 10.9. The number of fused-ring (bicyclic) bond motifs is 1. The van der Waals surface area contributed by atoms with E-state index in [1.54, 1.807) is 7.11 Å². The van der Waals surface area contributed by atoms with Crippen molar-refractivity contribution in [1.82, 2.24) is 4.90 Å². The second kappa shape index (κ2) is 5.03. The molecule has 0 aromatic rings. The molecule has 2 aliphatic rings. The Bertz CT molecular complexity index is 232. The quantitative estimate of drug-likeness (QED) is 0.717. The summed E-state index contributed by atoms with van der Waals surface area (Å²) in [4.78, 5) is 2.65. The lowest BCUT2D eigenvalue weighted by atomic mass is 9.95. The van der Waals surface area contributed by atoms with Crippen LogP contribution in [0, 0.1) is 0 Å². The molecule has 2 heterocycles. The first kappa shape index (κ1) is 12.3. The maximum absolute atomic E-state index is 5.87. The molecule has 2 atom stereocenters. The molecule has 16 heavy (non-hydrogen) atoms. The standard InChI is InChI=1S/C13H25NO2/c1-11(2)16-10-13-6-4-8-14(13)12(5-7-13)9-15-3/h11-12H,4-10H2,1-3H3/t12-,13-/m1/s1. The van der Waals surface area contributed by atoms with E-state index in [4.69, 9.17) is 9.47 Å². The number of ether oxygens (including phenoxy) is 2.